The summed E-state index contributed by atoms with van der Waals surface area (Å²) in [5.74, 6) is 1.51. The van der Waals surface area contributed by atoms with Gasteiger partial charge in [0.15, 0.2) is 11.5 Å². The van der Waals surface area contributed by atoms with Gasteiger partial charge in [-0.25, -0.2) is 0 Å². The van der Waals surface area contributed by atoms with Crippen molar-refractivity contribution in [3.63, 3.8) is 0 Å². The van der Waals surface area contributed by atoms with Crippen LogP contribution in [0.5, 0.6) is 11.5 Å². The summed E-state index contributed by atoms with van der Waals surface area (Å²) in [7, 11) is 0. The molecule has 0 bridgehead atoms. The van der Waals surface area contributed by atoms with E-state index in [9.17, 15) is 9.59 Å². The first-order chi connectivity index (χ1) is 13.2. The molecule has 27 heavy (non-hydrogen) atoms. The maximum atomic E-state index is 12.3. The van der Waals surface area contributed by atoms with E-state index in [0.717, 1.165) is 16.2 Å². The van der Waals surface area contributed by atoms with Crippen molar-refractivity contribution in [1.82, 2.24) is 15.1 Å². The van der Waals surface area contributed by atoms with E-state index in [1.165, 1.54) is 11.3 Å². The van der Waals surface area contributed by atoms with Gasteiger partial charge in [-0.15, -0.1) is 11.3 Å². The average molecular weight is 387 g/mol. The van der Waals surface area contributed by atoms with Crippen molar-refractivity contribution < 1.29 is 19.1 Å². The van der Waals surface area contributed by atoms with Crippen LogP contribution < -0.4 is 14.8 Å². The van der Waals surface area contributed by atoms with Gasteiger partial charge in [-0.2, -0.15) is 0 Å². The van der Waals surface area contributed by atoms with Crippen LogP contribution in [0.25, 0.3) is 0 Å². The minimum Gasteiger partial charge on any atom is -0.454 e. The quantitative estimate of drug-likeness (QED) is 0.843. The predicted molar refractivity (Wildman–Crippen MR) is 101 cm³/mol. The van der Waals surface area contributed by atoms with Gasteiger partial charge in [0.05, 0.1) is 11.4 Å². The Labute approximate surface area is 161 Å². The molecule has 2 aliphatic rings. The third-order valence-corrected chi connectivity index (χ3v) is 5.54. The van der Waals surface area contributed by atoms with Gasteiger partial charge in [-0.1, -0.05) is 12.1 Å². The lowest BCUT2D eigenvalue weighted by molar-refractivity contribution is -0.122. The predicted octanol–water partition coefficient (Wildman–Crippen LogP) is 1.55. The monoisotopic (exact) mass is 387 g/mol. The van der Waals surface area contributed by atoms with Gasteiger partial charge in [0, 0.05) is 32.7 Å². The minimum atomic E-state index is -0.0225. The second-order valence-corrected chi connectivity index (χ2v) is 7.46. The van der Waals surface area contributed by atoms with Crippen molar-refractivity contribution in [2.75, 3.05) is 39.5 Å². The number of carbonyl (C=O) groups excluding carboxylic acids is 2. The number of fused-ring (bicyclic) bond motifs is 1. The first-order valence-corrected chi connectivity index (χ1v) is 9.77. The number of hydrogen-bond acceptors (Lipinski definition) is 6. The van der Waals surface area contributed by atoms with Crippen molar-refractivity contribution >= 4 is 23.2 Å². The van der Waals surface area contributed by atoms with Crippen LogP contribution in [0.1, 0.15) is 15.2 Å². The zero-order chi connectivity index (χ0) is 18.6. The second kappa shape index (κ2) is 7.98. The van der Waals surface area contributed by atoms with Crippen molar-refractivity contribution in [3.05, 3.63) is 46.2 Å². The standard InChI is InChI=1S/C19H21N3O4S/c23-18(20-11-14-3-4-15-16(10-14)26-13-25-15)12-21-5-7-22(8-6-21)19(24)17-2-1-9-27-17/h1-4,9-10H,5-8,11-13H2,(H,20,23). The summed E-state index contributed by atoms with van der Waals surface area (Å²) in [5.41, 5.74) is 0.971. The van der Waals surface area contributed by atoms with E-state index >= 15 is 0 Å². The highest BCUT2D eigenvalue weighted by atomic mass is 32.1. The van der Waals surface area contributed by atoms with Gasteiger partial charge in [0.2, 0.25) is 12.7 Å². The summed E-state index contributed by atoms with van der Waals surface area (Å²) in [6, 6.07) is 9.40. The Hall–Kier alpha value is -2.58. The summed E-state index contributed by atoms with van der Waals surface area (Å²) in [5, 5.41) is 4.85. The lowest BCUT2D eigenvalue weighted by atomic mass is 10.2. The topological polar surface area (TPSA) is 71.1 Å². The fourth-order valence-electron chi connectivity index (χ4n) is 3.18. The molecule has 1 aromatic heterocycles. The zero-order valence-corrected chi connectivity index (χ0v) is 15.7. The number of ether oxygens (including phenoxy) is 2. The third-order valence-electron chi connectivity index (χ3n) is 4.69. The molecule has 2 aliphatic heterocycles. The Bertz CT molecular complexity index is 816. The molecule has 0 saturated carbocycles. The van der Waals surface area contributed by atoms with Crippen LogP contribution in [-0.4, -0.2) is 61.1 Å². The van der Waals surface area contributed by atoms with Crippen LogP contribution in [0.3, 0.4) is 0 Å². The molecule has 0 radical (unpaired) electrons. The van der Waals surface area contributed by atoms with E-state index in [1.807, 2.05) is 40.6 Å². The highest BCUT2D eigenvalue weighted by Crippen LogP contribution is 2.32. The molecule has 1 aromatic carbocycles. The van der Waals surface area contributed by atoms with Crippen LogP contribution in [-0.2, 0) is 11.3 Å². The normalized spacial score (nSPS) is 16.4. The number of piperazine rings is 1. The molecule has 7 nitrogen and oxygen atoms in total. The van der Waals surface area contributed by atoms with E-state index < -0.39 is 0 Å². The fourth-order valence-corrected chi connectivity index (χ4v) is 3.87. The molecule has 1 saturated heterocycles. The zero-order valence-electron chi connectivity index (χ0n) is 14.8. The Kier molecular flexibility index (Phi) is 5.26. The van der Waals surface area contributed by atoms with E-state index in [-0.39, 0.29) is 18.6 Å². The molecule has 1 N–H and O–H groups in total. The van der Waals surface area contributed by atoms with E-state index in [4.69, 9.17) is 9.47 Å². The van der Waals surface area contributed by atoms with Gasteiger partial charge in [0.25, 0.3) is 5.91 Å². The second-order valence-electron chi connectivity index (χ2n) is 6.51. The Morgan fingerprint density at radius 2 is 1.89 bits per heavy atom. The van der Waals surface area contributed by atoms with Gasteiger partial charge >= 0.3 is 0 Å². The average Bonchev–Trinajstić information content (AvgIpc) is 3.38. The number of thiophene rings is 1. The number of rotatable bonds is 5. The van der Waals surface area contributed by atoms with Crippen LogP contribution in [0.4, 0.5) is 0 Å². The SMILES string of the molecule is O=C(CN1CCN(C(=O)c2cccs2)CC1)NCc1ccc2c(c1)OCO2. The summed E-state index contributed by atoms with van der Waals surface area (Å²) >= 11 is 1.46. The Balaban J connectivity index is 1.21. The summed E-state index contributed by atoms with van der Waals surface area (Å²) < 4.78 is 10.6. The summed E-state index contributed by atoms with van der Waals surface area (Å²) in [6.45, 7) is 3.73. The van der Waals surface area contributed by atoms with Crippen molar-refractivity contribution in [1.29, 1.82) is 0 Å². The molecule has 4 rings (SSSR count). The molecule has 0 atom stereocenters. The molecular formula is C19H21N3O4S. The van der Waals surface area contributed by atoms with E-state index in [2.05, 4.69) is 10.2 Å². The smallest absolute Gasteiger partial charge is 0.264 e. The van der Waals surface area contributed by atoms with Crippen molar-refractivity contribution in [2.45, 2.75) is 6.54 Å². The van der Waals surface area contributed by atoms with Gasteiger partial charge in [0.1, 0.15) is 0 Å². The minimum absolute atomic E-state index is 0.0225. The number of hydrogen-bond donors (Lipinski definition) is 1. The Morgan fingerprint density at radius 3 is 2.67 bits per heavy atom. The maximum absolute atomic E-state index is 12.3. The maximum Gasteiger partial charge on any atom is 0.264 e. The Morgan fingerprint density at radius 1 is 1.07 bits per heavy atom. The van der Waals surface area contributed by atoms with E-state index in [0.29, 0.717) is 45.0 Å². The number of carbonyl (C=O) groups is 2. The molecule has 8 heteroatoms. The summed E-state index contributed by atoms with van der Waals surface area (Å²) in [4.78, 5) is 29.3. The molecule has 0 spiro atoms. The third kappa shape index (κ3) is 4.23. The number of nitrogens with zero attached hydrogens (tertiary/aromatic N) is 2. The first-order valence-electron chi connectivity index (χ1n) is 8.89. The number of benzene rings is 1. The van der Waals surface area contributed by atoms with Crippen LogP contribution >= 0.6 is 11.3 Å². The molecule has 2 amide bonds. The molecule has 0 unspecified atom stereocenters. The first kappa shape index (κ1) is 17.8. The fraction of sp³-hybridized carbons (Fsp3) is 0.368. The van der Waals surface area contributed by atoms with Crippen molar-refractivity contribution in [2.24, 2.45) is 0 Å². The number of amides is 2. The van der Waals surface area contributed by atoms with Crippen LogP contribution in [0, 0.1) is 0 Å². The van der Waals surface area contributed by atoms with Gasteiger partial charge in [-0.3, -0.25) is 14.5 Å². The van der Waals surface area contributed by atoms with Crippen LogP contribution in [0.2, 0.25) is 0 Å². The molecule has 142 valence electrons. The molecular weight excluding hydrogens is 366 g/mol. The van der Waals surface area contributed by atoms with Gasteiger partial charge in [-0.05, 0) is 29.1 Å². The highest BCUT2D eigenvalue weighted by Gasteiger charge is 2.23. The highest BCUT2D eigenvalue weighted by molar-refractivity contribution is 7.12. The molecule has 2 aromatic rings. The van der Waals surface area contributed by atoms with Gasteiger partial charge < -0.3 is 19.7 Å². The summed E-state index contributed by atoms with van der Waals surface area (Å²) in [6.07, 6.45) is 0. The molecule has 0 aliphatic carbocycles. The van der Waals surface area contributed by atoms with Crippen LogP contribution in [0.15, 0.2) is 35.7 Å². The van der Waals surface area contributed by atoms with Crippen molar-refractivity contribution in [3.8, 4) is 11.5 Å². The lowest BCUT2D eigenvalue weighted by Crippen LogP contribution is -2.51. The molecule has 1 fully saturated rings. The largest absolute Gasteiger partial charge is 0.454 e. The number of nitrogens with one attached hydrogen (secondary N) is 1. The lowest BCUT2D eigenvalue weighted by Gasteiger charge is -2.34. The van der Waals surface area contributed by atoms with E-state index in [1.54, 1.807) is 0 Å². The molecule has 3 heterocycles.